The molecule has 1 N–H and O–H groups in total. The number of para-hydroxylation sites is 1. The Labute approximate surface area is 121 Å². The first kappa shape index (κ1) is 15.0. The van der Waals surface area contributed by atoms with Crippen LogP contribution in [0.1, 0.15) is 46.1 Å². The van der Waals surface area contributed by atoms with Gasteiger partial charge in [0.05, 0.1) is 11.1 Å². The fourth-order valence-electron chi connectivity index (χ4n) is 3.00. The van der Waals surface area contributed by atoms with Gasteiger partial charge in [0.15, 0.2) is 0 Å². The third-order valence-corrected chi connectivity index (χ3v) is 3.62. The summed E-state index contributed by atoms with van der Waals surface area (Å²) >= 11 is 0. The SMILES string of the molecule is CC(C)CC(O)(CC(C)C)c1cnc2ccccc2c1. The minimum absolute atomic E-state index is 0.449. The van der Waals surface area contributed by atoms with Gasteiger partial charge in [-0.15, -0.1) is 0 Å². The molecule has 2 aromatic rings. The number of hydrogen-bond donors (Lipinski definition) is 1. The minimum atomic E-state index is -0.778. The van der Waals surface area contributed by atoms with Gasteiger partial charge in [-0.2, -0.15) is 0 Å². The molecule has 2 rings (SSSR count). The summed E-state index contributed by atoms with van der Waals surface area (Å²) < 4.78 is 0. The summed E-state index contributed by atoms with van der Waals surface area (Å²) in [6.07, 6.45) is 3.38. The zero-order valence-electron chi connectivity index (χ0n) is 12.9. The second-order valence-electron chi connectivity index (χ2n) is 6.64. The molecule has 0 radical (unpaired) electrons. The molecule has 0 saturated carbocycles. The van der Waals surface area contributed by atoms with Gasteiger partial charge in [0.1, 0.15) is 0 Å². The molecule has 0 spiro atoms. The van der Waals surface area contributed by atoms with Crippen LogP contribution in [0, 0.1) is 11.8 Å². The predicted octanol–water partition coefficient (Wildman–Crippen LogP) is 4.51. The number of aromatic nitrogens is 1. The number of fused-ring (bicyclic) bond motifs is 1. The van der Waals surface area contributed by atoms with Gasteiger partial charge in [-0.05, 0) is 36.8 Å². The second-order valence-corrected chi connectivity index (χ2v) is 6.64. The molecule has 1 aromatic heterocycles. The van der Waals surface area contributed by atoms with Gasteiger partial charge in [-0.25, -0.2) is 0 Å². The maximum Gasteiger partial charge on any atom is 0.0916 e. The Bertz CT molecular complexity index is 564. The number of hydrogen-bond acceptors (Lipinski definition) is 2. The van der Waals surface area contributed by atoms with Crippen molar-refractivity contribution in [3.8, 4) is 0 Å². The van der Waals surface area contributed by atoms with Crippen LogP contribution in [0.15, 0.2) is 36.5 Å². The molecule has 2 heteroatoms. The largest absolute Gasteiger partial charge is 0.385 e. The zero-order chi connectivity index (χ0) is 14.8. The maximum absolute atomic E-state index is 11.1. The van der Waals surface area contributed by atoms with Crippen LogP contribution < -0.4 is 0 Å². The summed E-state index contributed by atoms with van der Waals surface area (Å²) in [6, 6.07) is 10.1. The molecule has 0 fully saturated rings. The molecule has 0 saturated heterocycles. The molecule has 0 aliphatic heterocycles. The summed E-state index contributed by atoms with van der Waals surface area (Å²) in [6.45, 7) is 8.61. The lowest BCUT2D eigenvalue weighted by molar-refractivity contribution is -0.00465. The number of benzene rings is 1. The molecule has 0 bridgehead atoms. The zero-order valence-corrected chi connectivity index (χ0v) is 12.9. The highest BCUT2D eigenvalue weighted by Crippen LogP contribution is 2.35. The third-order valence-electron chi connectivity index (χ3n) is 3.62. The number of rotatable bonds is 5. The van der Waals surface area contributed by atoms with E-state index in [4.69, 9.17) is 0 Å². The van der Waals surface area contributed by atoms with Crippen LogP contribution in [-0.4, -0.2) is 10.1 Å². The van der Waals surface area contributed by atoms with E-state index in [1.54, 1.807) is 0 Å². The van der Waals surface area contributed by atoms with Gasteiger partial charge in [-0.3, -0.25) is 4.98 Å². The molecule has 0 aliphatic rings. The summed E-state index contributed by atoms with van der Waals surface area (Å²) in [5.74, 6) is 0.899. The quantitative estimate of drug-likeness (QED) is 0.867. The summed E-state index contributed by atoms with van der Waals surface area (Å²) in [4.78, 5) is 4.50. The number of aliphatic hydroxyl groups is 1. The molecule has 1 heterocycles. The first-order valence-electron chi connectivity index (χ1n) is 7.48. The van der Waals surface area contributed by atoms with Gasteiger partial charge in [0.25, 0.3) is 0 Å². The Balaban J connectivity index is 2.44. The molecular weight excluding hydrogens is 246 g/mol. The lowest BCUT2D eigenvalue weighted by Gasteiger charge is -2.32. The van der Waals surface area contributed by atoms with Crippen molar-refractivity contribution in [3.05, 3.63) is 42.1 Å². The van der Waals surface area contributed by atoms with Crippen molar-refractivity contribution in [2.75, 3.05) is 0 Å². The van der Waals surface area contributed by atoms with E-state index < -0.39 is 5.60 Å². The lowest BCUT2D eigenvalue weighted by Crippen LogP contribution is -2.29. The van der Waals surface area contributed by atoms with Gasteiger partial charge >= 0.3 is 0 Å². The molecule has 2 nitrogen and oxygen atoms in total. The molecule has 0 aliphatic carbocycles. The molecular formula is C18H25NO. The van der Waals surface area contributed by atoms with Crippen molar-refractivity contribution in [1.82, 2.24) is 4.98 Å². The average molecular weight is 271 g/mol. The second kappa shape index (κ2) is 5.92. The van der Waals surface area contributed by atoms with Gasteiger partial charge in [0, 0.05) is 17.1 Å². The lowest BCUT2D eigenvalue weighted by atomic mass is 9.80. The van der Waals surface area contributed by atoms with E-state index >= 15 is 0 Å². The summed E-state index contributed by atoms with van der Waals surface area (Å²) in [5.41, 5.74) is 1.14. The van der Waals surface area contributed by atoms with Crippen LogP contribution in [-0.2, 0) is 5.60 Å². The Kier molecular flexibility index (Phi) is 4.44. The first-order valence-corrected chi connectivity index (χ1v) is 7.48. The Morgan fingerprint density at radius 3 is 2.25 bits per heavy atom. The Morgan fingerprint density at radius 1 is 1.05 bits per heavy atom. The third kappa shape index (κ3) is 3.37. The minimum Gasteiger partial charge on any atom is -0.385 e. The van der Waals surface area contributed by atoms with E-state index in [-0.39, 0.29) is 0 Å². The molecule has 0 atom stereocenters. The van der Waals surface area contributed by atoms with E-state index in [0.29, 0.717) is 11.8 Å². The van der Waals surface area contributed by atoms with Crippen molar-refractivity contribution < 1.29 is 5.11 Å². The van der Waals surface area contributed by atoms with Crippen molar-refractivity contribution in [1.29, 1.82) is 0 Å². The monoisotopic (exact) mass is 271 g/mol. The molecule has 1 aromatic carbocycles. The molecule has 0 unspecified atom stereocenters. The van der Waals surface area contributed by atoms with Crippen molar-refractivity contribution in [3.63, 3.8) is 0 Å². The Morgan fingerprint density at radius 2 is 1.65 bits per heavy atom. The standard InChI is InChI=1S/C18H25NO/c1-13(2)10-18(20,11-14(3)4)16-9-15-7-5-6-8-17(15)19-12-16/h5-9,12-14,20H,10-11H2,1-4H3. The van der Waals surface area contributed by atoms with E-state index in [0.717, 1.165) is 29.3 Å². The van der Waals surface area contributed by atoms with Crippen LogP contribution in [0.5, 0.6) is 0 Å². The number of nitrogens with zero attached hydrogens (tertiary/aromatic N) is 1. The van der Waals surface area contributed by atoms with E-state index in [2.05, 4.69) is 44.8 Å². The van der Waals surface area contributed by atoms with E-state index in [1.807, 2.05) is 24.4 Å². The van der Waals surface area contributed by atoms with Gasteiger partial charge in [-0.1, -0.05) is 45.9 Å². The predicted molar refractivity (Wildman–Crippen MR) is 84.5 cm³/mol. The normalized spacial score (nSPS) is 12.6. The van der Waals surface area contributed by atoms with Crippen LogP contribution in [0.2, 0.25) is 0 Å². The molecule has 0 amide bonds. The smallest absolute Gasteiger partial charge is 0.0916 e. The maximum atomic E-state index is 11.1. The average Bonchev–Trinajstić information content (AvgIpc) is 2.36. The molecule has 20 heavy (non-hydrogen) atoms. The van der Waals surface area contributed by atoms with Crippen LogP contribution >= 0.6 is 0 Å². The summed E-state index contributed by atoms with van der Waals surface area (Å²) in [5, 5.41) is 12.2. The molecule has 108 valence electrons. The van der Waals surface area contributed by atoms with Crippen LogP contribution in [0.4, 0.5) is 0 Å². The fourth-order valence-corrected chi connectivity index (χ4v) is 3.00. The number of pyridine rings is 1. The highest BCUT2D eigenvalue weighted by Gasteiger charge is 2.31. The first-order chi connectivity index (χ1) is 9.40. The van der Waals surface area contributed by atoms with Crippen molar-refractivity contribution >= 4 is 10.9 Å². The van der Waals surface area contributed by atoms with Crippen LogP contribution in [0.25, 0.3) is 10.9 Å². The van der Waals surface area contributed by atoms with E-state index in [9.17, 15) is 5.11 Å². The Hall–Kier alpha value is -1.41. The van der Waals surface area contributed by atoms with Crippen molar-refractivity contribution in [2.45, 2.75) is 46.1 Å². The highest BCUT2D eigenvalue weighted by atomic mass is 16.3. The topological polar surface area (TPSA) is 33.1 Å². The summed E-state index contributed by atoms with van der Waals surface area (Å²) in [7, 11) is 0. The highest BCUT2D eigenvalue weighted by molar-refractivity contribution is 5.78. The van der Waals surface area contributed by atoms with E-state index in [1.165, 1.54) is 0 Å². The van der Waals surface area contributed by atoms with Crippen molar-refractivity contribution in [2.24, 2.45) is 11.8 Å². The van der Waals surface area contributed by atoms with Crippen LogP contribution in [0.3, 0.4) is 0 Å². The van der Waals surface area contributed by atoms with Gasteiger partial charge < -0.3 is 5.11 Å². The van der Waals surface area contributed by atoms with Gasteiger partial charge in [0.2, 0.25) is 0 Å². The fraction of sp³-hybridized carbons (Fsp3) is 0.500.